The van der Waals surface area contributed by atoms with Crippen LogP contribution in [0.1, 0.15) is 25.0 Å². The van der Waals surface area contributed by atoms with Gasteiger partial charge >= 0.3 is 5.97 Å². The van der Waals surface area contributed by atoms with E-state index in [9.17, 15) is 4.79 Å². The van der Waals surface area contributed by atoms with Gasteiger partial charge < -0.3 is 14.2 Å². The lowest BCUT2D eigenvalue weighted by atomic mass is 10.1. The van der Waals surface area contributed by atoms with E-state index < -0.39 is 5.97 Å². The average molecular weight is 511 g/mol. The predicted molar refractivity (Wildman–Crippen MR) is 123 cm³/mol. The summed E-state index contributed by atoms with van der Waals surface area (Å²) < 4.78 is 17.5. The van der Waals surface area contributed by atoms with Gasteiger partial charge in [-0.15, -0.1) is 0 Å². The van der Waals surface area contributed by atoms with Crippen LogP contribution in [0.2, 0.25) is 10.0 Å². The standard InChI is InChI=1S/C22H18BrCl2NO4/c1-4-28-19-9-13(7-16(23)20(19)29-11-12(2)3)8-18-22(27)30-21(26-18)15-6-5-14(24)10-17(15)25/h5-10H,2,4,11H2,1,3H3/b18-8-. The Hall–Kier alpha value is -2.28. The Morgan fingerprint density at radius 2 is 2.03 bits per heavy atom. The van der Waals surface area contributed by atoms with Crippen molar-refractivity contribution in [3.05, 3.63) is 73.8 Å². The second-order valence-electron chi connectivity index (χ2n) is 6.47. The minimum Gasteiger partial charge on any atom is -0.490 e. The molecule has 0 spiro atoms. The van der Waals surface area contributed by atoms with Crippen molar-refractivity contribution in [2.75, 3.05) is 13.2 Å². The predicted octanol–water partition coefficient (Wildman–Crippen LogP) is 6.45. The molecule has 1 aliphatic rings. The normalized spacial score (nSPS) is 14.5. The molecule has 5 nitrogen and oxygen atoms in total. The molecule has 2 aromatic carbocycles. The van der Waals surface area contributed by atoms with Crippen LogP contribution in [0.15, 0.2) is 57.6 Å². The summed E-state index contributed by atoms with van der Waals surface area (Å²) in [6.45, 7) is 8.41. The van der Waals surface area contributed by atoms with Gasteiger partial charge in [-0.3, -0.25) is 0 Å². The van der Waals surface area contributed by atoms with Crippen molar-refractivity contribution < 1.29 is 19.0 Å². The highest BCUT2D eigenvalue weighted by Crippen LogP contribution is 2.38. The van der Waals surface area contributed by atoms with Crippen molar-refractivity contribution in [3.63, 3.8) is 0 Å². The Morgan fingerprint density at radius 3 is 2.70 bits per heavy atom. The summed E-state index contributed by atoms with van der Waals surface area (Å²) in [7, 11) is 0. The molecule has 0 atom stereocenters. The Kier molecular flexibility index (Phi) is 7.23. The Bertz CT molecular complexity index is 1080. The second kappa shape index (κ2) is 9.69. The van der Waals surface area contributed by atoms with E-state index in [4.69, 9.17) is 37.4 Å². The zero-order valence-corrected chi connectivity index (χ0v) is 19.4. The molecular formula is C22H18BrCl2NO4. The maximum atomic E-state index is 12.3. The Balaban J connectivity index is 1.96. The summed E-state index contributed by atoms with van der Waals surface area (Å²) >= 11 is 15.6. The van der Waals surface area contributed by atoms with Gasteiger partial charge in [-0.2, -0.15) is 0 Å². The van der Waals surface area contributed by atoms with Crippen molar-refractivity contribution in [2.24, 2.45) is 4.99 Å². The van der Waals surface area contributed by atoms with Crippen LogP contribution in [0.4, 0.5) is 0 Å². The zero-order valence-electron chi connectivity index (χ0n) is 16.3. The van der Waals surface area contributed by atoms with E-state index in [0.29, 0.717) is 50.4 Å². The minimum absolute atomic E-state index is 0.124. The fourth-order valence-corrected chi connectivity index (χ4v) is 3.68. The van der Waals surface area contributed by atoms with Gasteiger partial charge in [0.15, 0.2) is 17.2 Å². The fraction of sp³-hybridized carbons (Fsp3) is 0.182. The molecule has 0 amide bonds. The molecule has 156 valence electrons. The molecule has 3 rings (SSSR count). The monoisotopic (exact) mass is 509 g/mol. The van der Waals surface area contributed by atoms with Gasteiger partial charge in [0.2, 0.25) is 5.90 Å². The van der Waals surface area contributed by atoms with E-state index in [-0.39, 0.29) is 11.6 Å². The number of hydrogen-bond donors (Lipinski definition) is 0. The number of benzene rings is 2. The van der Waals surface area contributed by atoms with Gasteiger partial charge in [0.1, 0.15) is 6.61 Å². The topological polar surface area (TPSA) is 57.1 Å². The smallest absolute Gasteiger partial charge is 0.363 e. The molecule has 0 aliphatic carbocycles. The van der Waals surface area contributed by atoms with Crippen molar-refractivity contribution in [1.29, 1.82) is 0 Å². The third-order valence-corrected chi connectivity index (χ3v) is 5.02. The summed E-state index contributed by atoms with van der Waals surface area (Å²) in [5.41, 5.74) is 2.19. The van der Waals surface area contributed by atoms with Crippen molar-refractivity contribution in [1.82, 2.24) is 0 Å². The number of carbonyl (C=O) groups excluding carboxylic acids is 1. The van der Waals surface area contributed by atoms with Crippen LogP contribution in [0.3, 0.4) is 0 Å². The lowest BCUT2D eigenvalue weighted by molar-refractivity contribution is -0.129. The first kappa shape index (κ1) is 22.4. The van der Waals surface area contributed by atoms with Crippen LogP contribution in [-0.4, -0.2) is 25.1 Å². The highest BCUT2D eigenvalue weighted by Gasteiger charge is 2.26. The SMILES string of the molecule is C=C(C)COc1c(Br)cc(/C=C2\N=C(c3ccc(Cl)cc3Cl)OC2=O)cc1OCC. The van der Waals surface area contributed by atoms with E-state index in [1.54, 1.807) is 36.4 Å². The second-order valence-corrected chi connectivity index (χ2v) is 8.17. The maximum Gasteiger partial charge on any atom is 0.363 e. The zero-order chi connectivity index (χ0) is 21.8. The summed E-state index contributed by atoms with van der Waals surface area (Å²) in [6.07, 6.45) is 1.61. The summed E-state index contributed by atoms with van der Waals surface area (Å²) in [4.78, 5) is 16.6. The molecule has 0 aromatic heterocycles. The summed E-state index contributed by atoms with van der Waals surface area (Å²) in [6, 6.07) is 8.43. The molecule has 0 saturated heterocycles. The van der Waals surface area contributed by atoms with Crippen LogP contribution in [0.25, 0.3) is 6.08 Å². The number of halogens is 3. The van der Waals surface area contributed by atoms with E-state index in [2.05, 4.69) is 27.5 Å². The van der Waals surface area contributed by atoms with Crippen molar-refractivity contribution in [2.45, 2.75) is 13.8 Å². The Morgan fingerprint density at radius 1 is 1.27 bits per heavy atom. The number of carbonyl (C=O) groups is 1. The largest absolute Gasteiger partial charge is 0.490 e. The van der Waals surface area contributed by atoms with Gasteiger partial charge in [-0.1, -0.05) is 29.8 Å². The van der Waals surface area contributed by atoms with Crippen LogP contribution in [0, 0.1) is 0 Å². The van der Waals surface area contributed by atoms with E-state index in [0.717, 1.165) is 5.57 Å². The first-order valence-corrected chi connectivity index (χ1v) is 10.5. The molecule has 0 fully saturated rings. The molecule has 0 bridgehead atoms. The molecule has 8 heteroatoms. The molecule has 0 unspecified atom stereocenters. The van der Waals surface area contributed by atoms with Crippen LogP contribution < -0.4 is 9.47 Å². The van der Waals surface area contributed by atoms with Crippen molar-refractivity contribution >= 4 is 57.1 Å². The Labute approximate surface area is 193 Å². The third-order valence-electron chi connectivity index (χ3n) is 3.88. The third kappa shape index (κ3) is 5.25. The first-order chi connectivity index (χ1) is 14.3. The van der Waals surface area contributed by atoms with E-state index >= 15 is 0 Å². The summed E-state index contributed by atoms with van der Waals surface area (Å²) in [5.74, 6) is 0.649. The highest BCUT2D eigenvalue weighted by atomic mass is 79.9. The van der Waals surface area contributed by atoms with E-state index in [1.807, 2.05) is 13.8 Å². The number of cyclic esters (lactones) is 1. The molecule has 0 saturated carbocycles. The quantitative estimate of drug-likeness (QED) is 0.244. The van der Waals surface area contributed by atoms with E-state index in [1.165, 1.54) is 0 Å². The van der Waals surface area contributed by atoms with Gasteiger partial charge in [-0.25, -0.2) is 9.79 Å². The number of nitrogens with zero attached hydrogens (tertiary/aromatic N) is 1. The van der Waals surface area contributed by atoms with Gasteiger partial charge in [0.25, 0.3) is 0 Å². The minimum atomic E-state index is -0.576. The number of rotatable bonds is 7. The molecule has 0 N–H and O–H groups in total. The molecule has 0 radical (unpaired) electrons. The molecule has 30 heavy (non-hydrogen) atoms. The lowest BCUT2D eigenvalue weighted by Gasteiger charge is -2.14. The number of esters is 1. The molecule has 1 heterocycles. The van der Waals surface area contributed by atoms with Gasteiger partial charge in [0.05, 0.1) is 21.7 Å². The summed E-state index contributed by atoms with van der Waals surface area (Å²) in [5, 5.41) is 0.822. The molecule has 2 aromatic rings. The average Bonchev–Trinajstić information content (AvgIpc) is 3.01. The highest BCUT2D eigenvalue weighted by molar-refractivity contribution is 9.10. The fourth-order valence-electron chi connectivity index (χ4n) is 2.61. The number of hydrogen-bond acceptors (Lipinski definition) is 5. The number of aliphatic imine (C=N–C) groups is 1. The van der Waals surface area contributed by atoms with Gasteiger partial charge in [-0.05, 0) is 77.3 Å². The van der Waals surface area contributed by atoms with Crippen LogP contribution in [-0.2, 0) is 9.53 Å². The van der Waals surface area contributed by atoms with Gasteiger partial charge in [0, 0.05) is 5.02 Å². The maximum absolute atomic E-state index is 12.3. The number of ether oxygens (including phenoxy) is 3. The van der Waals surface area contributed by atoms with Crippen LogP contribution in [0.5, 0.6) is 11.5 Å². The molecular weight excluding hydrogens is 493 g/mol. The lowest BCUT2D eigenvalue weighted by Crippen LogP contribution is -2.06. The first-order valence-electron chi connectivity index (χ1n) is 9.00. The van der Waals surface area contributed by atoms with Crippen molar-refractivity contribution in [3.8, 4) is 11.5 Å². The molecule has 1 aliphatic heterocycles. The van der Waals surface area contributed by atoms with Crippen LogP contribution >= 0.6 is 39.1 Å².